The van der Waals surface area contributed by atoms with E-state index >= 15 is 0 Å². The predicted octanol–water partition coefficient (Wildman–Crippen LogP) is 4.00. The molecule has 0 spiro atoms. The van der Waals surface area contributed by atoms with Crippen LogP contribution in [0.2, 0.25) is 0 Å². The van der Waals surface area contributed by atoms with Gasteiger partial charge in [0.05, 0.1) is 0 Å². The fraction of sp³-hybridized carbons (Fsp3) is 0.762. The second-order valence-corrected chi connectivity index (χ2v) is 8.92. The first kappa shape index (κ1) is 14.6. The van der Waals surface area contributed by atoms with E-state index in [-0.39, 0.29) is 22.9 Å². The standard InChI is InChI=1S/C21H28N2O2/c1-20-9-7-14(24)11-13(20)3-4-15-16-5-6-18(19(25)12-23-22)21(16,2)10-8-17(15)20/h11-12,15-18H,3-10H2,1-2H3/t15-,16-,17-,18+,20-,21-/m0/s1/i7T,9T/t7?,9?,15-,16-,17-,18+,20-,21-. The van der Waals surface area contributed by atoms with Crippen LogP contribution >= 0.6 is 0 Å². The molecule has 25 heavy (non-hydrogen) atoms. The summed E-state index contributed by atoms with van der Waals surface area (Å²) in [7, 11) is 0. The molecule has 4 nitrogen and oxygen atoms in total. The number of carbonyl (C=O) groups is 2. The van der Waals surface area contributed by atoms with Crippen molar-refractivity contribution in [1.82, 2.24) is 0 Å². The maximum Gasteiger partial charge on any atom is 0.323 e. The number of nitrogens with zero attached hydrogens (tertiary/aromatic N) is 2. The van der Waals surface area contributed by atoms with Gasteiger partial charge in [0.25, 0.3) is 0 Å². The molecule has 2 unspecified atom stereocenters. The number of Topliss-reactive ketones (excluding diaryl/α,β-unsaturated/α-hetero) is 1. The van der Waals surface area contributed by atoms with E-state index in [1.54, 1.807) is 6.08 Å². The van der Waals surface area contributed by atoms with Gasteiger partial charge in [0.2, 0.25) is 5.78 Å². The van der Waals surface area contributed by atoms with Crippen LogP contribution in [0.25, 0.3) is 5.53 Å². The smallest absolute Gasteiger partial charge is 0.323 e. The number of allylic oxidation sites excluding steroid dienone is 1. The lowest BCUT2D eigenvalue weighted by Crippen LogP contribution is -2.51. The lowest BCUT2D eigenvalue weighted by molar-refractivity contribution is -0.127. The van der Waals surface area contributed by atoms with E-state index in [0.717, 1.165) is 50.3 Å². The lowest BCUT2D eigenvalue weighted by Gasteiger charge is -2.57. The second-order valence-electron chi connectivity index (χ2n) is 8.92. The minimum Gasteiger partial charge on any atom is -0.361 e. The summed E-state index contributed by atoms with van der Waals surface area (Å²) in [6.45, 7) is 4.33. The zero-order valence-electron chi connectivity index (χ0n) is 17.1. The molecule has 8 atom stereocenters. The minimum absolute atomic E-state index is 0.0728. The second kappa shape index (κ2) is 5.74. The van der Waals surface area contributed by atoms with Gasteiger partial charge >= 0.3 is 6.21 Å². The van der Waals surface area contributed by atoms with Crippen molar-refractivity contribution in [2.45, 2.75) is 65.2 Å². The Hall–Kier alpha value is -1.54. The molecule has 134 valence electrons. The predicted molar refractivity (Wildman–Crippen MR) is 94.9 cm³/mol. The Morgan fingerprint density at radius 1 is 1.32 bits per heavy atom. The maximum atomic E-state index is 12.5. The first-order valence-electron chi connectivity index (χ1n) is 10.7. The first-order valence-corrected chi connectivity index (χ1v) is 9.55. The van der Waals surface area contributed by atoms with Gasteiger partial charge in [0.1, 0.15) is 0 Å². The van der Waals surface area contributed by atoms with Crippen LogP contribution in [0, 0.1) is 34.5 Å². The molecule has 0 aliphatic heterocycles. The average Bonchev–Trinajstić information content (AvgIpc) is 2.99. The van der Waals surface area contributed by atoms with Gasteiger partial charge in [-0.2, -0.15) is 4.79 Å². The van der Waals surface area contributed by atoms with Crippen molar-refractivity contribution in [3.63, 3.8) is 0 Å². The Kier molecular flexibility index (Phi) is 3.35. The summed E-state index contributed by atoms with van der Waals surface area (Å²) < 4.78 is 16.9. The number of carbonyl (C=O) groups excluding carboxylic acids is 2. The summed E-state index contributed by atoms with van der Waals surface area (Å²) in [6, 6.07) is 0. The Morgan fingerprint density at radius 3 is 2.88 bits per heavy atom. The van der Waals surface area contributed by atoms with Crippen LogP contribution in [0.3, 0.4) is 0 Å². The van der Waals surface area contributed by atoms with E-state index < -0.39 is 18.2 Å². The molecule has 0 saturated heterocycles. The Balaban J connectivity index is 1.68. The molecule has 3 fully saturated rings. The third-order valence-corrected chi connectivity index (χ3v) is 8.09. The van der Waals surface area contributed by atoms with Gasteiger partial charge in [-0.1, -0.05) is 19.4 Å². The average molecular weight is 344 g/mol. The molecule has 0 radical (unpaired) electrons. The van der Waals surface area contributed by atoms with Crippen molar-refractivity contribution in [3.8, 4) is 0 Å². The van der Waals surface area contributed by atoms with Crippen molar-refractivity contribution >= 4 is 17.8 Å². The molecule has 0 aromatic rings. The molecule has 4 heteroatoms. The molecule has 0 amide bonds. The molecule has 4 aliphatic carbocycles. The minimum atomic E-state index is -0.982. The highest BCUT2D eigenvalue weighted by atomic mass is 16.1. The van der Waals surface area contributed by atoms with Crippen LogP contribution in [-0.4, -0.2) is 22.6 Å². The molecule has 0 N–H and O–H groups in total. The van der Waals surface area contributed by atoms with E-state index in [1.807, 2.05) is 0 Å². The molecule has 0 bridgehead atoms. The fourth-order valence-corrected chi connectivity index (χ4v) is 6.81. The molecule has 4 aliphatic rings. The maximum absolute atomic E-state index is 12.5. The van der Waals surface area contributed by atoms with Gasteiger partial charge in [0.15, 0.2) is 5.78 Å². The van der Waals surface area contributed by atoms with E-state index in [9.17, 15) is 9.59 Å². The van der Waals surface area contributed by atoms with E-state index in [2.05, 4.69) is 18.6 Å². The summed E-state index contributed by atoms with van der Waals surface area (Å²) >= 11 is 0. The Labute approximate surface area is 152 Å². The first-order chi connectivity index (χ1) is 12.7. The van der Waals surface area contributed by atoms with Gasteiger partial charge in [-0.3, -0.25) is 9.59 Å². The lowest BCUT2D eigenvalue weighted by atomic mass is 9.46. The summed E-state index contributed by atoms with van der Waals surface area (Å²) in [4.78, 5) is 27.6. The number of rotatable bonds is 2. The summed E-state index contributed by atoms with van der Waals surface area (Å²) in [6.07, 6.45) is 6.55. The Bertz CT molecular complexity index is 774. The van der Waals surface area contributed by atoms with E-state index in [0.29, 0.717) is 17.8 Å². The molecule has 0 heterocycles. The SMILES string of the molecule is [3H]C1C(=O)C=C2CC[C@H]3[C@@H]4CC[C@H](C(=O)C=[N+]=[N-])[C@@]4(C)CC[C@@H]3[C@@]2(C)C1[3H]. The van der Waals surface area contributed by atoms with Gasteiger partial charge in [-0.05, 0) is 79.6 Å². The molecule has 4 rings (SSSR count). The van der Waals surface area contributed by atoms with E-state index in [1.165, 1.54) is 0 Å². The highest BCUT2D eigenvalue weighted by molar-refractivity contribution is 6.26. The largest absolute Gasteiger partial charge is 0.361 e. The summed E-state index contributed by atoms with van der Waals surface area (Å²) in [5, 5.41) is 0. The van der Waals surface area contributed by atoms with Crippen molar-refractivity contribution in [1.29, 1.82) is 0 Å². The summed E-state index contributed by atoms with van der Waals surface area (Å²) in [5.74, 6) is 0.785. The molecule has 0 aromatic carbocycles. The van der Waals surface area contributed by atoms with Crippen LogP contribution < -0.4 is 0 Å². The Morgan fingerprint density at radius 2 is 2.12 bits per heavy atom. The van der Waals surface area contributed by atoms with Crippen LogP contribution in [0.4, 0.5) is 0 Å². The van der Waals surface area contributed by atoms with Crippen molar-refractivity contribution in [2.24, 2.45) is 34.5 Å². The third-order valence-electron chi connectivity index (χ3n) is 8.09. The zero-order chi connectivity index (χ0) is 19.6. The van der Waals surface area contributed by atoms with E-state index in [4.69, 9.17) is 8.27 Å². The zero-order valence-corrected chi connectivity index (χ0v) is 15.1. The normalized spacial score (nSPS) is 52.6. The van der Waals surface area contributed by atoms with Crippen LogP contribution in [-0.2, 0) is 9.59 Å². The van der Waals surface area contributed by atoms with Crippen molar-refractivity contribution in [2.75, 3.05) is 0 Å². The number of hydrogen-bond acceptors (Lipinski definition) is 2. The van der Waals surface area contributed by atoms with Gasteiger partial charge in [-0.15, -0.1) is 0 Å². The molecular formula is C21H28N2O2. The molecule has 3 saturated carbocycles. The van der Waals surface area contributed by atoms with Gasteiger partial charge in [-0.25, -0.2) is 0 Å². The molecule has 0 aromatic heterocycles. The molecular weight excluding hydrogens is 312 g/mol. The van der Waals surface area contributed by atoms with Crippen LogP contribution in [0.5, 0.6) is 0 Å². The highest BCUT2D eigenvalue weighted by Crippen LogP contribution is 2.66. The fourth-order valence-electron chi connectivity index (χ4n) is 6.81. The number of fused-ring (bicyclic) bond motifs is 5. The van der Waals surface area contributed by atoms with Crippen molar-refractivity contribution < 1.29 is 17.1 Å². The van der Waals surface area contributed by atoms with Gasteiger partial charge in [0, 0.05) is 15.1 Å². The van der Waals surface area contributed by atoms with Gasteiger partial charge < -0.3 is 5.53 Å². The number of hydrogen-bond donors (Lipinski definition) is 0. The van der Waals surface area contributed by atoms with Crippen LogP contribution in [0.1, 0.15) is 67.9 Å². The highest BCUT2D eigenvalue weighted by Gasteiger charge is 2.60. The topological polar surface area (TPSA) is 70.5 Å². The number of ketones is 2. The van der Waals surface area contributed by atoms with Crippen molar-refractivity contribution in [3.05, 3.63) is 17.2 Å². The summed E-state index contributed by atoms with van der Waals surface area (Å²) in [5.41, 5.74) is 9.37. The van der Waals surface area contributed by atoms with Crippen LogP contribution in [0.15, 0.2) is 11.6 Å². The monoisotopic (exact) mass is 344 g/mol. The third kappa shape index (κ3) is 2.33. The quantitative estimate of drug-likeness (QED) is 0.431.